The first kappa shape index (κ1) is 26.5. The Morgan fingerprint density at radius 3 is 2.47 bits per heavy atom. The number of carbonyl (C=O) groups excluding carboxylic acids is 2. The van der Waals surface area contributed by atoms with Gasteiger partial charge in [-0.15, -0.1) is 0 Å². The number of hydrogen-bond acceptors (Lipinski definition) is 3. The van der Waals surface area contributed by atoms with Crippen molar-refractivity contribution in [1.82, 2.24) is 14.4 Å². The van der Waals surface area contributed by atoms with Crippen LogP contribution in [0.3, 0.4) is 0 Å². The van der Waals surface area contributed by atoms with E-state index in [0.717, 1.165) is 48.8 Å². The maximum absolute atomic E-state index is 13.7. The lowest BCUT2D eigenvalue weighted by Crippen LogP contribution is -2.50. The first-order chi connectivity index (χ1) is 16.4. The van der Waals surface area contributed by atoms with E-state index in [1.165, 1.54) is 19.1 Å². The van der Waals surface area contributed by atoms with E-state index in [0.29, 0.717) is 6.54 Å². The van der Waals surface area contributed by atoms with Crippen LogP contribution in [0.25, 0.3) is 0 Å². The highest BCUT2D eigenvalue weighted by Crippen LogP contribution is 2.25. The van der Waals surface area contributed by atoms with Gasteiger partial charge in [-0.05, 0) is 56.0 Å². The summed E-state index contributed by atoms with van der Waals surface area (Å²) in [6.45, 7) is 5.44. The van der Waals surface area contributed by atoms with Crippen LogP contribution in [0.2, 0.25) is 0 Å². The summed E-state index contributed by atoms with van der Waals surface area (Å²) in [6.07, 6.45) is 8.43. The van der Waals surface area contributed by atoms with Crippen molar-refractivity contribution < 1.29 is 14.3 Å². The predicted molar refractivity (Wildman–Crippen MR) is 138 cm³/mol. The standard InChI is InChI=1S/C27H38BrN3O3/c1-4-21(2)30(27(33)20-34-3)19-26(32)31(24-9-6-5-7-10-24)18-25-11-8-16-29(25)17-22-12-14-23(28)15-13-22/h8,11-16,21,24H,4-7,9-10,17-20H2,1-3H3. The van der Waals surface area contributed by atoms with Crippen LogP contribution in [0.4, 0.5) is 0 Å². The molecule has 0 saturated heterocycles. The Kier molecular flexibility index (Phi) is 10.2. The van der Waals surface area contributed by atoms with Gasteiger partial charge in [0.15, 0.2) is 0 Å². The molecule has 0 spiro atoms. The number of benzene rings is 1. The van der Waals surface area contributed by atoms with E-state index in [-0.39, 0.29) is 37.0 Å². The third-order valence-corrected chi connectivity index (χ3v) is 7.40. The summed E-state index contributed by atoms with van der Waals surface area (Å²) in [7, 11) is 1.52. The van der Waals surface area contributed by atoms with Crippen molar-refractivity contribution in [2.75, 3.05) is 20.3 Å². The van der Waals surface area contributed by atoms with Crippen molar-refractivity contribution in [3.8, 4) is 0 Å². The molecule has 1 aliphatic carbocycles. The minimum absolute atomic E-state index is 0.00289. The van der Waals surface area contributed by atoms with Crippen LogP contribution in [0.1, 0.15) is 63.6 Å². The summed E-state index contributed by atoms with van der Waals surface area (Å²) in [5, 5.41) is 0. The largest absolute Gasteiger partial charge is 0.375 e. The second-order valence-electron chi connectivity index (χ2n) is 9.28. The van der Waals surface area contributed by atoms with E-state index in [1.807, 2.05) is 24.8 Å². The third-order valence-electron chi connectivity index (χ3n) is 6.87. The Balaban J connectivity index is 1.80. The average Bonchev–Trinajstić information content (AvgIpc) is 3.29. The van der Waals surface area contributed by atoms with E-state index in [2.05, 4.69) is 57.0 Å². The second kappa shape index (κ2) is 13.1. The first-order valence-corrected chi connectivity index (χ1v) is 13.2. The van der Waals surface area contributed by atoms with Crippen molar-refractivity contribution in [3.63, 3.8) is 0 Å². The summed E-state index contributed by atoms with van der Waals surface area (Å²) in [5.74, 6) is -0.111. The number of ether oxygens (including phenoxy) is 1. The molecular weight excluding hydrogens is 494 g/mol. The van der Waals surface area contributed by atoms with Gasteiger partial charge in [-0.1, -0.05) is 54.2 Å². The fraction of sp³-hybridized carbons (Fsp3) is 0.556. The highest BCUT2D eigenvalue weighted by Gasteiger charge is 2.30. The number of rotatable bonds is 11. The van der Waals surface area contributed by atoms with Crippen molar-refractivity contribution in [2.45, 2.75) is 77.5 Å². The number of carbonyl (C=O) groups is 2. The zero-order chi connectivity index (χ0) is 24.5. The summed E-state index contributed by atoms with van der Waals surface area (Å²) in [4.78, 5) is 30.1. The van der Waals surface area contributed by atoms with Crippen LogP contribution in [0, 0.1) is 0 Å². The normalized spacial score (nSPS) is 15.2. The lowest BCUT2D eigenvalue weighted by molar-refractivity contribution is -0.146. The van der Waals surface area contributed by atoms with Crippen LogP contribution in [0.15, 0.2) is 47.1 Å². The quantitative estimate of drug-likeness (QED) is 0.398. The summed E-state index contributed by atoms with van der Waals surface area (Å²) < 4.78 is 8.36. The lowest BCUT2D eigenvalue weighted by Gasteiger charge is -2.37. The number of hydrogen-bond donors (Lipinski definition) is 0. The fourth-order valence-electron chi connectivity index (χ4n) is 4.68. The van der Waals surface area contributed by atoms with E-state index in [9.17, 15) is 9.59 Å². The molecule has 2 aromatic rings. The molecule has 186 valence electrons. The van der Waals surface area contributed by atoms with Gasteiger partial charge in [0, 0.05) is 42.1 Å². The van der Waals surface area contributed by atoms with Crippen molar-refractivity contribution >= 4 is 27.7 Å². The number of methoxy groups -OCH3 is 1. The number of amides is 2. The summed E-state index contributed by atoms with van der Waals surface area (Å²) >= 11 is 3.50. The molecule has 1 atom stereocenters. The molecule has 1 aromatic carbocycles. The number of aromatic nitrogens is 1. The Morgan fingerprint density at radius 1 is 1.12 bits per heavy atom. The number of nitrogens with zero attached hydrogens (tertiary/aromatic N) is 3. The highest BCUT2D eigenvalue weighted by atomic mass is 79.9. The maximum atomic E-state index is 13.7. The molecule has 1 fully saturated rings. The van der Waals surface area contributed by atoms with Gasteiger partial charge in [0.25, 0.3) is 0 Å². The summed E-state index contributed by atoms with van der Waals surface area (Å²) in [6, 6.07) is 12.7. The van der Waals surface area contributed by atoms with Gasteiger partial charge in [-0.25, -0.2) is 0 Å². The van der Waals surface area contributed by atoms with Crippen LogP contribution >= 0.6 is 15.9 Å². The van der Waals surface area contributed by atoms with E-state index in [4.69, 9.17) is 4.74 Å². The van der Waals surface area contributed by atoms with Gasteiger partial charge in [-0.3, -0.25) is 9.59 Å². The van der Waals surface area contributed by atoms with E-state index < -0.39 is 0 Å². The zero-order valence-corrected chi connectivity index (χ0v) is 22.3. The molecule has 1 heterocycles. The molecule has 2 amide bonds. The molecule has 0 N–H and O–H groups in total. The SMILES string of the molecule is CCC(C)N(CC(=O)N(Cc1cccn1Cc1ccc(Br)cc1)C1CCCCC1)C(=O)COC. The first-order valence-electron chi connectivity index (χ1n) is 12.4. The Bertz CT molecular complexity index is 921. The lowest BCUT2D eigenvalue weighted by atomic mass is 9.94. The highest BCUT2D eigenvalue weighted by molar-refractivity contribution is 9.10. The maximum Gasteiger partial charge on any atom is 0.249 e. The minimum atomic E-state index is -0.132. The average molecular weight is 533 g/mol. The zero-order valence-electron chi connectivity index (χ0n) is 20.7. The molecule has 34 heavy (non-hydrogen) atoms. The van der Waals surface area contributed by atoms with Crippen LogP contribution in [-0.4, -0.2) is 58.5 Å². The Morgan fingerprint density at radius 2 is 1.82 bits per heavy atom. The van der Waals surface area contributed by atoms with Crippen molar-refractivity contribution in [2.24, 2.45) is 0 Å². The van der Waals surface area contributed by atoms with E-state index >= 15 is 0 Å². The Labute approximate surface area is 212 Å². The van der Waals surface area contributed by atoms with Crippen molar-refractivity contribution in [3.05, 3.63) is 58.3 Å². The fourth-order valence-corrected chi connectivity index (χ4v) is 4.94. The van der Waals surface area contributed by atoms with Gasteiger partial charge < -0.3 is 19.1 Å². The topological polar surface area (TPSA) is 54.8 Å². The third kappa shape index (κ3) is 7.19. The molecule has 1 unspecified atom stereocenters. The molecular formula is C27H38BrN3O3. The second-order valence-corrected chi connectivity index (χ2v) is 10.2. The molecule has 1 aliphatic rings. The summed E-state index contributed by atoms with van der Waals surface area (Å²) in [5.41, 5.74) is 2.32. The molecule has 0 radical (unpaired) electrons. The molecule has 1 saturated carbocycles. The minimum Gasteiger partial charge on any atom is -0.375 e. The molecule has 1 aromatic heterocycles. The van der Waals surface area contributed by atoms with Gasteiger partial charge in [0.1, 0.15) is 13.2 Å². The predicted octanol–water partition coefficient (Wildman–Crippen LogP) is 5.23. The number of halogens is 1. The van der Waals surface area contributed by atoms with Gasteiger partial charge in [-0.2, -0.15) is 0 Å². The Hall–Kier alpha value is -2.12. The van der Waals surface area contributed by atoms with Crippen LogP contribution in [-0.2, 0) is 27.4 Å². The van der Waals surface area contributed by atoms with Crippen molar-refractivity contribution in [1.29, 1.82) is 0 Å². The molecule has 6 nitrogen and oxygen atoms in total. The van der Waals surface area contributed by atoms with E-state index in [1.54, 1.807) is 4.90 Å². The molecule has 3 rings (SSSR count). The smallest absolute Gasteiger partial charge is 0.249 e. The van der Waals surface area contributed by atoms with Gasteiger partial charge in [0.2, 0.25) is 11.8 Å². The monoisotopic (exact) mass is 531 g/mol. The van der Waals surface area contributed by atoms with Crippen LogP contribution in [0.5, 0.6) is 0 Å². The van der Waals surface area contributed by atoms with Gasteiger partial charge >= 0.3 is 0 Å². The molecule has 0 aliphatic heterocycles. The van der Waals surface area contributed by atoms with Gasteiger partial charge in [0.05, 0.1) is 6.54 Å². The molecule has 0 bridgehead atoms. The molecule has 7 heteroatoms. The van der Waals surface area contributed by atoms with Crippen LogP contribution < -0.4 is 0 Å².